The number of hydrogen-bond donors (Lipinski definition) is 2. The van der Waals surface area contributed by atoms with E-state index in [0.717, 1.165) is 37.2 Å². The highest BCUT2D eigenvalue weighted by atomic mass is 16.1. The second kappa shape index (κ2) is 5.50. The van der Waals surface area contributed by atoms with Gasteiger partial charge in [0.2, 0.25) is 5.91 Å². The van der Waals surface area contributed by atoms with Gasteiger partial charge in [-0.05, 0) is 26.2 Å². The summed E-state index contributed by atoms with van der Waals surface area (Å²) in [6.45, 7) is 8.80. The summed E-state index contributed by atoms with van der Waals surface area (Å²) in [6, 6.07) is -0.306. The summed E-state index contributed by atoms with van der Waals surface area (Å²) in [7, 11) is 0. The van der Waals surface area contributed by atoms with Gasteiger partial charge >= 0.3 is 0 Å². The Morgan fingerprint density at radius 2 is 1.95 bits per heavy atom. The van der Waals surface area contributed by atoms with Crippen molar-refractivity contribution in [2.45, 2.75) is 58.4 Å². The summed E-state index contributed by atoms with van der Waals surface area (Å²) < 4.78 is 0. The average Bonchev–Trinajstić information content (AvgIpc) is 2.40. The van der Waals surface area contributed by atoms with Gasteiger partial charge in [0.05, 0.1) is 0 Å². The second-order valence-electron chi connectivity index (χ2n) is 6.74. The van der Waals surface area contributed by atoms with E-state index in [9.17, 15) is 4.79 Å². The van der Waals surface area contributed by atoms with Crippen molar-refractivity contribution in [3.8, 4) is 0 Å². The molecule has 2 rings (SSSR count). The first kappa shape index (κ1) is 15.5. The minimum absolute atomic E-state index is 0.200. The van der Waals surface area contributed by atoms with Gasteiger partial charge in [0, 0.05) is 17.5 Å². The third-order valence-electron chi connectivity index (χ3n) is 3.93. The average molecular weight is 291 g/mol. The van der Waals surface area contributed by atoms with Crippen LogP contribution in [0.3, 0.4) is 0 Å². The molecule has 0 spiro atoms. The molecule has 0 aromatic carbocycles. The molecule has 1 aromatic heterocycles. The highest BCUT2D eigenvalue weighted by Crippen LogP contribution is 2.30. The normalized spacial score (nSPS) is 19.6. The molecule has 4 N–H and O–H groups in total. The van der Waals surface area contributed by atoms with Crippen LogP contribution in [-0.2, 0) is 10.2 Å². The third-order valence-corrected chi connectivity index (χ3v) is 3.93. The molecule has 6 heteroatoms. The summed E-state index contributed by atoms with van der Waals surface area (Å²) in [5.74, 6) is 1.60. The minimum Gasteiger partial charge on any atom is -0.383 e. The summed E-state index contributed by atoms with van der Waals surface area (Å²) in [5.41, 5.74) is 12.2. The molecular weight excluding hydrogens is 266 g/mol. The number of anilines is 2. The van der Waals surface area contributed by atoms with E-state index in [1.807, 2.05) is 32.6 Å². The highest BCUT2D eigenvalue weighted by Gasteiger charge is 2.31. The number of hydrogen-bond acceptors (Lipinski definition) is 5. The molecule has 1 amide bonds. The van der Waals surface area contributed by atoms with Crippen molar-refractivity contribution < 1.29 is 4.79 Å². The Bertz CT molecular complexity index is 550. The van der Waals surface area contributed by atoms with Gasteiger partial charge in [-0.15, -0.1) is 0 Å². The molecule has 0 saturated carbocycles. The lowest BCUT2D eigenvalue weighted by molar-refractivity contribution is -0.119. The van der Waals surface area contributed by atoms with E-state index in [2.05, 4.69) is 9.97 Å². The van der Waals surface area contributed by atoms with Crippen molar-refractivity contribution in [2.75, 3.05) is 17.2 Å². The summed E-state index contributed by atoms with van der Waals surface area (Å²) in [4.78, 5) is 22.8. The van der Waals surface area contributed by atoms with Gasteiger partial charge in [0.25, 0.3) is 0 Å². The van der Waals surface area contributed by atoms with Crippen molar-refractivity contribution >= 4 is 17.5 Å². The molecule has 0 radical (unpaired) electrons. The molecule has 0 bridgehead atoms. The molecule has 1 fully saturated rings. The predicted molar refractivity (Wildman–Crippen MR) is 84.1 cm³/mol. The molecule has 1 aliphatic heterocycles. The molecule has 1 aromatic rings. The lowest BCUT2D eigenvalue weighted by atomic mass is 9.95. The zero-order valence-corrected chi connectivity index (χ0v) is 13.3. The fourth-order valence-corrected chi connectivity index (χ4v) is 2.62. The first-order valence-corrected chi connectivity index (χ1v) is 7.42. The highest BCUT2D eigenvalue weighted by molar-refractivity contribution is 5.84. The van der Waals surface area contributed by atoms with Crippen molar-refractivity contribution in [3.05, 3.63) is 11.4 Å². The first-order chi connectivity index (χ1) is 9.71. The number of amides is 1. The SMILES string of the molecule is Cc1c(N)nc(C(C)(C)C)nc1N1CCCCC1C(N)=O. The fourth-order valence-electron chi connectivity index (χ4n) is 2.62. The molecular formula is C15H25N5O. The zero-order chi connectivity index (χ0) is 15.8. The number of nitrogens with two attached hydrogens (primary N) is 2. The summed E-state index contributed by atoms with van der Waals surface area (Å²) >= 11 is 0. The van der Waals surface area contributed by atoms with Crippen LogP contribution >= 0.6 is 0 Å². The van der Waals surface area contributed by atoms with Crippen LogP contribution in [0.4, 0.5) is 11.6 Å². The van der Waals surface area contributed by atoms with Crippen LogP contribution in [0.5, 0.6) is 0 Å². The number of carbonyl (C=O) groups is 1. The number of rotatable bonds is 2. The molecule has 1 aliphatic rings. The van der Waals surface area contributed by atoms with Crippen molar-refractivity contribution in [1.82, 2.24) is 9.97 Å². The van der Waals surface area contributed by atoms with E-state index in [4.69, 9.17) is 11.5 Å². The molecule has 6 nitrogen and oxygen atoms in total. The van der Waals surface area contributed by atoms with E-state index in [1.54, 1.807) is 0 Å². The number of primary amides is 1. The number of piperidine rings is 1. The zero-order valence-electron chi connectivity index (χ0n) is 13.3. The van der Waals surface area contributed by atoms with Gasteiger partial charge in [-0.2, -0.15) is 0 Å². The number of carbonyl (C=O) groups excluding carboxylic acids is 1. The Morgan fingerprint density at radius 1 is 1.29 bits per heavy atom. The second-order valence-corrected chi connectivity index (χ2v) is 6.74. The largest absolute Gasteiger partial charge is 0.383 e. The van der Waals surface area contributed by atoms with E-state index >= 15 is 0 Å². The first-order valence-electron chi connectivity index (χ1n) is 7.42. The molecule has 1 saturated heterocycles. The Morgan fingerprint density at radius 3 is 2.52 bits per heavy atom. The van der Waals surface area contributed by atoms with Gasteiger partial charge in [-0.1, -0.05) is 20.8 Å². The van der Waals surface area contributed by atoms with E-state index in [-0.39, 0.29) is 17.4 Å². The van der Waals surface area contributed by atoms with Gasteiger partial charge < -0.3 is 16.4 Å². The quantitative estimate of drug-likeness (QED) is 0.860. The van der Waals surface area contributed by atoms with E-state index in [1.165, 1.54) is 0 Å². The topological polar surface area (TPSA) is 98.1 Å². The van der Waals surface area contributed by atoms with Crippen molar-refractivity contribution in [1.29, 1.82) is 0 Å². The maximum absolute atomic E-state index is 11.7. The number of aromatic nitrogens is 2. The van der Waals surface area contributed by atoms with Crippen LogP contribution in [-0.4, -0.2) is 28.5 Å². The lowest BCUT2D eigenvalue weighted by Gasteiger charge is -2.36. The van der Waals surface area contributed by atoms with Crippen molar-refractivity contribution in [2.24, 2.45) is 5.73 Å². The van der Waals surface area contributed by atoms with Crippen LogP contribution in [0.1, 0.15) is 51.4 Å². The Balaban J connectivity index is 2.51. The Labute approximate surface area is 125 Å². The molecule has 1 unspecified atom stereocenters. The van der Waals surface area contributed by atoms with Crippen LogP contribution in [0, 0.1) is 6.92 Å². The molecule has 2 heterocycles. The third kappa shape index (κ3) is 3.09. The molecule has 21 heavy (non-hydrogen) atoms. The van der Waals surface area contributed by atoms with Gasteiger partial charge in [0.15, 0.2) is 0 Å². The van der Waals surface area contributed by atoms with Gasteiger partial charge in [0.1, 0.15) is 23.5 Å². The smallest absolute Gasteiger partial charge is 0.240 e. The standard InChI is InChI=1S/C15H25N5O/c1-9-11(16)18-14(15(2,3)4)19-13(9)20-8-6-5-7-10(20)12(17)21/h10H,5-8H2,1-4H3,(H2,17,21)(H2,16,18,19). The van der Waals surface area contributed by atoms with E-state index < -0.39 is 0 Å². The molecule has 0 aliphatic carbocycles. The molecule has 116 valence electrons. The number of nitrogens with zero attached hydrogens (tertiary/aromatic N) is 3. The van der Waals surface area contributed by atoms with Crippen LogP contribution < -0.4 is 16.4 Å². The fraction of sp³-hybridized carbons (Fsp3) is 0.667. The predicted octanol–water partition coefficient (Wildman–Crippen LogP) is 1.51. The molecule has 1 atom stereocenters. The van der Waals surface area contributed by atoms with Gasteiger partial charge in [-0.25, -0.2) is 9.97 Å². The van der Waals surface area contributed by atoms with Gasteiger partial charge in [-0.3, -0.25) is 4.79 Å². The summed E-state index contributed by atoms with van der Waals surface area (Å²) in [6.07, 6.45) is 2.80. The Kier molecular flexibility index (Phi) is 4.07. The lowest BCUT2D eigenvalue weighted by Crippen LogP contribution is -2.48. The van der Waals surface area contributed by atoms with Crippen LogP contribution in [0.15, 0.2) is 0 Å². The minimum atomic E-state index is -0.306. The monoisotopic (exact) mass is 291 g/mol. The maximum Gasteiger partial charge on any atom is 0.240 e. The van der Waals surface area contributed by atoms with Crippen molar-refractivity contribution in [3.63, 3.8) is 0 Å². The maximum atomic E-state index is 11.7. The van der Waals surface area contributed by atoms with Crippen LogP contribution in [0.25, 0.3) is 0 Å². The Hall–Kier alpha value is -1.85. The summed E-state index contributed by atoms with van der Waals surface area (Å²) in [5, 5.41) is 0. The number of nitrogen functional groups attached to an aromatic ring is 1. The van der Waals surface area contributed by atoms with Crippen LogP contribution in [0.2, 0.25) is 0 Å². The van der Waals surface area contributed by atoms with E-state index in [0.29, 0.717) is 11.6 Å².